The number of nitriles is 1. The fraction of sp³-hybridized carbons (Fsp3) is 0.0556. The Bertz CT molecular complexity index is 1080. The third kappa shape index (κ3) is 1.96. The van der Waals surface area contributed by atoms with E-state index in [0.29, 0.717) is 16.8 Å². The standard InChI is InChI=1S/C18H12N4O2/c19-9-12-14(10-5-7-21-8-6-10)15-16(24-17(12)20)11-3-1-2-4-13(11)22-18(15)23/h1-8,14H,20H2,(H,22,23). The number of para-hydroxylation sites is 1. The molecule has 3 N–H and O–H groups in total. The number of hydrogen-bond acceptors (Lipinski definition) is 5. The third-order valence-electron chi connectivity index (χ3n) is 4.12. The summed E-state index contributed by atoms with van der Waals surface area (Å²) >= 11 is 0. The molecule has 24 heavy (non-hydrogen) atoms. The molecule has 6 nitrogen and oxygen atoms in total. The van der Waals surface area contributed by atoms with Gasteiger partial charge in [0.2, 0.25) is 5.88 Å². The molecule has 0 spiro atoms. The Balaban J connectivity index is 2.10. The van der Waals surface area contributed by atoms with Crippen LogP contribution in [0, 0.1) is 11.3 Å². The van der Waals surface area contributed by atoms with Crippen LogP contribution in [0.2, 0.25) is 0 Å². The minimum Gasteiger partial charge on any atom is -0.439 e. The van der Waals surface area contributed by atoms with E-state index in [1.807, 2.05) is 18.2 Å². The van der Waals surface area contributed by atoms with Crippen molar-refractivity contribution in [3.63, 3.8) is 0 Å². The first-order chi connectivity index (χ1) is 11.7. The van der Waals surface area contributed by atoms with Crippen molar-refractivity contribution >= 4 is 10.9 Å². The van der Waals surface area contributed by atoms with Crippen LogP contribution in [0.15, 0.2) is 65.0 Å². The van der Waals surface area contributed by atoms with Gasteiger partial charge in [-0.25, -0.2) is 0 Å². The first kappa shape index (κ1) is 14.0. The number of allylic oxidation sites excluding steroid dienone is 1. The Hall–Kier alpha value is -3.59. The van der Waals surface area contributed by atoms with Gasteiger partial charge in [-0.2, -0.15) is 5.26 Å². The van der Waals surface area contributed by atoms with Gasteiger partial charge in [-0.3, -0.25) is 9.78 Å². The quantitative estimate of drug-likeness (QED) is 0.715. The monoisotopic (exact) mass is 316 g/mol. The van der Waals surface area contributed by atoms with Gasteiger partial charge in [0.05, 0.1) is 17.0 Å². The molecule has 0 saturated heterocycles. The molecule has 0 bridgehead atoms. The van der Waals surface area contributed by atoms with Crippen molar-refractivity contribution in [2.24, 2.45) is 5.73 Å². The van der Waals surface area contributed by atoms with Crippen LogP contribution < -0.4 is 16.0 Å². The fourth-order valence-corrected chi connectivity index (χ4v) is 3.06. The van der Waals surface area contributed by atoms with Crippen LogP contribution in [0.4, 0.5) is 0 Å². The van der Waals surface area contributed by atoms with Gasteiger partial charge in [0.25, 0.3) is 5.56 Å². The summed E-state index contributed by atoms with van der Waals surface area (Å²) in [5, 5.41) is 10.3. The number of benzene rings is 1. The molecule has 1 aromatic carbocycles. The van der Waals surface area contributed by atoms with E-state index in [-0.39, 0.29) is 17.0 Å². The number of aromatic nitrogens is 2. The molecule has 0 radical (unpaired) electrons. The molecular formula is C18H12N4O2. The second-order valence-electron chi connectivity index (χ2n) is 5.45. The van der Waals surface area contributed by atoms with Gasteiger partial charge in [0.15, 0.2) is 0 Å². The van der Waals surface area contributed by atoms with E-state index in [0.717, 1.165) is 10.9 Å². The molecule has 0 fully saturated rings. The minimum atomic E-state index is -0.588. The van der Waals surface area contributed by atoms with E-state index < -0.39 is 5.92 Å². The largest absolute Gasteiger partial charge is 0.439 e. The van der Waals surface area contributed by atoms with Crippen LogP contribution in [0.5, 0.6) is 5.75 Å². The predicted octanol–water partition coefficient (Wildman–Crippen LogP) is 2.14. The van der Waals surface area contributed by atoms with Gasteiger partial charge in [-0.15, -0.1) is 0 Å². The summed E-state index contributed by atoms with van der Waals surface area (Å²) < 4.78 is 5.68. The molecule has 1 aliphatic heterocycles. The average Bonchev–Trinajstić information content (AvgIpc) is 2.61. The number of ether oxygens (including phenoxy) is 1. The van der Waals surface area contributed by atoms with E-state index in [9.17, 15) is 10.1 Å². The molecule has 1 atom stereocenters. The van der Waals surface area contributed by atoms with E-state index >= 15 is 0 Å². The van der Waals surface area contributed by atoms with E-state index in [1.54, 1.807) is 30.6 Å². The van der Waals surface area contributed by atoms with Gasteiger partial charge >= 0.3 is 0 Å². The fourth-order valence-electron chi connectivity index (χ4n) is 3.06. The highest BCUT2D eigenvalue weighted by Gasteiger charge is 2.34. The van der Waals surface area contributed by atoms with Gasteiger partial charge in [-0.05, 0) is 29.8 Å². The number of rotatable bonds is 1. The normalized spacial score (nSPS) is 16.4. The molecule has 1 unspecified atom stereocenters. The molecule has 0 saturated carbocycles. The number of nitrogens with one attached hydrogen (secondary N) is 1. The first-order valence-electron chi connectivity index (χ1n) is 7.33. The summed E-state index contributed by atoms with van der Waals surface area (Å²) in [4.78, 5) is 19.5. The average molecular weight is 316 g/mol. The molecule has 0 aliphatic carbocycles. The second kappa shape index (κ2) is 5.25. The van der Waals surface area contributed by atoms with Crippen molar-refractivity contribution in [1.29, 1.82) is 5.26 Å². The summed E-state index contributed by atoms with van der Waals surface area (Å²) in [5.74, 6) is -0.176. The Labute approximate surface area is 136 Å². The number of nitrogens with two attached hydrogens (primary N) is 1. The highest BCUT2D eigenvalue weighted by molar-refractivity contribution is 5.87. The molecule has 6 heteroatoms. The molecular weight excluding hydrogens is 304 g/mol. The Morgan fingerprint density at radius 3 is 2.71 bits per heavy atom. The lowest BCUT2D eigenvalue weighted by Gasteiger charge is -2.26. The van der Waals surface area contributed by atoms with Crippen molar-refractivity contribution in [2.75, 3.05) is 0 Å². The number of H-pyrrole nitrogens is 1. The first-order valence-corrected chi connectivity index (χ1v) is 7.33. The number of pyridine rings is 2. The summed E-state index contributed by atoms with van der Waals surface area (Å²) in [6.45, 7) is 0. The molecule has 2 aromatic heterocycles. The zero-order valence-corrected chi connectivity index (χ0v) is 12.5. The number of fused-ring (bicyclic) bond motifs is 3. The summed E-state index contributed by atoms with van der Waals surface area (Å²) in [6, 6.07) is 12.9. The van der Waals surface area contributed by atoms with Crippen LogP contribution >= 0.6 is 0 Å². The number of nitrogens with zero attached hydrogens (tertiary/aromatic N) is 2. The van der Waals surface area contributed by atoms with Crippen LogP contribution in [0.1, 0.15) is 17.0 Å². The molecule has 116 valence electrons. The summed E-state index contributed by atoms with van der Waals surface area (Å²) in [6.07, 6.45) is 3.23. The number of hydrogen-bond donors (Lipinski definition) is 2. The minimum absolute atomic E-state index is 0.0163. The van der Waals surface area contributed by atoms with Crippen molar-refractivity contribution in [3.8, 4) is 11.8 Å². The topological polar surface area (TPSA) is 105 Å². The molecule has 3 aromatic rings. The maximum absolute atomic E-state index is 12.7. The summed E-state index contributed by atoms with van der Waals surface area (Å²) in [5.41, 5.74) is 7.69. The van der Waals surface area contributed by atoms with Gasteiger partial charge in [0.1, 0.15) is 17.4 Å². The van der Waals surface area contributed by atoms with Crippen molar-refractivity contribution < 1.29 is 4.74 Å². The second-order valence-corrected chi connectivity index (χ2v) is 5.45. The van der Waals surface area contributed by atoms with Gasteiger partial charge < -0.3 is 15.5 Å². The lowest BCUT2D eigenvalue weighted by Crippen LogP contribution is -2.27. The molecule has 4 rings (SSSR count). The van der Waals surface area contributed by atoms with E-state index in [4.69, 9.17) is 10.5 Å². The maximum Gasteiger partial charge on any atom is 0.256 e. The summed E-state index contributed by atoms with van der Waals surface area (Å²) in [7, 11) is 0. The van der Waals surface area contributed by atoms with Gasteiger partial charge in [-0.1, -0.05) is 12.1 Å². The Morgan fingerprint density at radius 1 is 1.21 bits per heavy atom. The number of aromatic amines is 1. The molecule has 3 heterocycles. The molecule has 0 amide bonds. The van der Waals surface area contributed by atoms with E-state index in [1.165, 1.54) is 0 Å². The Kier molecular flexibility index (Phi) is 3.07. The van der Waals surface area contributed by atoms with Crippen LogP contribution in [0.3, 0.4) is 0 Å². The van der Waals surface area contributed by atoms with Crippen molar-refractivity contribution in [2.45, 2.75) is 5.92 Å². The van der Waals surface area contributed by atoms with Gasteiger partial charge in [0, 0.05) is 17.8 Å². The maximum atomic E-state index is 12.7. The Morgan fingerprint density at radius 2 is 1.96 bits per heavy atom. The highest BCUT2D eigenvalue weighted by atomic mass is 16.5. The van der Waals surface area contributed by atoms with Crippen LogP contribution in [-0.2, 0) is 0 Å². The van der Waals surface area contributed by atoms with Crippen LogP contribution in [-0.4, -0.2) is 9.97 Å². The molecule has 1 aliphatic rings. The predicted molar refractivity (Wildman–Crippen MR) is 88.1 cm³/mol. The third-order valence-corrected chi connectivity index (χ3v) is 4.12. The SMILES string of the molecule is N#CC1=C(N)Oc2c(c(=O)[nH]c3ccccc23)C1c1ccncc1. The van der Waals surface area contributed by atoms with E-state index in [2.05, 4.69) is 16.0 Å². The smallest absolute Gasteiger partial charge is 0.256 e. The van der Waals surface area contributed by atoms with Crippen molar-refractivity contribution in [3.05, 3.63) is 81.7 Å². The highest BCUT2D eigenvalue weighted by Crippen LogP contribution is 2.42. The zero-order chi connectivity index (χ0) is 16.7. The van der Waals surface area contributed by atoms with Crippen LogP contribution in [0.25, 0.3) is 10.9 Å². The lowest BCUT2D eigenvalue weighted by atomic mass is 9.84. The lowest BCUT2D eigenvalue weighted by molar-refractivity contribution is 0.397. The van der Waals surface area contributed by atoms with Crippen molar-refractivity contribution in [1.82, 2.24) is 9.97 Å². The zero-order valence-electron chi connectivity index (χ0n) is 12.5.